The third-order valence-electron chi connectivity index (χ3n) is 3.92. The minimum absolute atomic E-state index is 0.00885. The predicted octanol–water partition coefficient (Wildman–Crippen LogP) is 2.68. The average Bonchev–Trinajstić information content (AvgIpc) is 3.33. The molecule has 7 nitrogen and oxygen atoms in total. The first-order valence-corrected chi connectivity index (χ1v) is 8.08. The molecule has 0 aliphatic heterocycles. The summed E-state index contributed by atoms with van der Waals surface area (Å²) in [6.07, 6.45) is 5.13. The van der Waals surface area contributed by atoms with E-state index in [4.69, 9.17) is 8.83 Å². The summed E-state index contributed by atoms with van der Waals surface area (Å²) in [4.78, 5) is 24.3. The molecule has 0 radical (unpaired) electrons. The fourth-order valence-electron chi connectivity index (χ4n) is 2.64. The quantitative estimate of drug-likeness (QED) is 0.598. The van der Waals surface area contributed by atoms with E-state index in [0.29, 0.717) is 24.1 Å². The van der Waals surface area contributed by atoms with Crippen molar-refractivity contribution in [2.75, 3.05) is 6.54 Å². The maximum absolute atomic E-state index is 12.2. The van der Waals surface area contributed by atoms with Crippen molar-refractivity contribution in [1.29, 1.82) is 0 Å². The fraction of sp³-hybridized carbons (Fsp3) is 0.105. The van der Waals surface area contributed by atoms with Crippen LogP contribution in [0.25, 0.3) is 22.3 Å². The van der Waals surface area contributed by atoms with Gasteiger partial charge in [0.2, 0.25) is 0 Å². The van der Waals surface area contributed by atoms with Crippen LogP contribution in [-0.4, -0.2) is 22.2 Å². The highest BCUT2D eigenvalue weighted by atomic mass is 16.3. The molecule has 0 fully saturated rings. The monoisotopic (exact) mass is 349 g/mol. The minimum atomic E-state index is -0.439. The summed E-state index contributed by atoms with van der Waals surface area (Å²) >= 11 is 0. The van der Waals surface area contributed by atoms with Crippen molar-refractivity contribution in [1.82, 2.24) is 15.1 Å². The summed E-state index contributed by atoms with van der Waals surface area (Å²) in [5.41, 5.74) is 1.01. The molecule has 0 bridgehead atoms. The molecule has 1 amide bonds. The molecule has 4 rings (SSSR count). The fourth-order valence-corrected chi connectivity index (χ4v) is 2.64. The molecular formula is C19H15N3O4. The van der Waals surface area contributed by atoms with Crippen LogP contribution in [-0.2, 0) is 6.54 Å². The van der Waals surface area contributed by atoms with Crippen molar-refractivity contribution in [3.8, 4) is 11.3 Å². The summed E-state index contributed by atoms with van der Waals surface area (Å²) in [5.74, 6) is 0.287. The Balaban J connectivity index is 1.41. The van der Waals surface area contributed by atoms with Gasteiger partial charge in [-0.2, -0.15) is 5.10 Å². The lowest BCUT2D eigenvalue weighted by Crippen LogP contribution is -2.28. The molecular weight excluding hydrogens is 334 g/mol. The second-order valence-electron chi connectivity index (χ2n) is 5.70. The van der Waals surface area contributed by atoms with Crippen molar-refractivity contribution < 1.29 is 13.6 Å². The molecule has 26 heavy (non-hydrogen) atoms. The van der Waals surface area contributed by atoms with Crippen LogP contribution in [0.4, 0.5) is 0 Å². The van der Waals surface area contributed by atoms with Crippen LogP contribution < -0.4 is 10.7 Å². The van der Waals surface area contributed by atoms with Crippen molar-refractivity contribution in [2.24, 2.45) is 0 Å². The number of nitrogens with one attached hydrogen (secondary N) is 1. The van der Waals surface area contributed by atoms with Gasteiger partial charge in [-0.25, -0.2) is 0 Å². The van der Waals surface area contributed by atoms with E-state index in [1.54, 1.807) is 41.4 Å². The SMILES string of the molecule is O=C(NCCn1cc(-c2ccco2)cn1)c1cc(=O)c2ccccc2o1. The Morgan fingerprint density at radius 3 is 2.92 bits per heavy atom. The number of aromatic nitrogens is 2. The van der Waals surface area contributed by atoms with Crippen LogP contribution in [0.2, 0.25) is 0 Å². The Morgan fingerprint density at radius 1 is 1.19 bits per heavy atom. The molecule has 0 spiro atoms. The minimum Gasteiger partial charge on any atom is -0.464 e. The molecule has 1 N–H and O–H groups in total. The molecule has 4 aromatic rings. The summed E-state index contributed by atoms with van der Waals surface area (Å²) in [6, 6.07) is 11.7. The number of nitrogens with zero attached hydrogens (tertiary/aromatic N) is 2. The number of hydrogen-bond acceptors (Lipinski definition) is 5. The van der Waals surface area contributed by atoms with Gasteiger partial charge in [0.05, 0.1) is 30.0 Å². The van der Waals surface area contributed by atoms with Gasteiger partial charge >= 0.3 is 0 Å². The molecule has 0 aliphatic rings. The van der Waals surface area contributed by atoms with E-state index in [-0.39, 0.29) is 11.2 Å². The van der Waals surface area contributed by atoms with Crippen LogP contribution >= 0.6 is 0 Å². The lowest BCUT2D eigenvalue weighted by molar-refractivity contribution is 0.0925. The molecule has 0 unspecified atom stereocenters. The lowest BCUT2D eigenvalue weighted by Gasteiger charge is -2.05. The zero-order chi connectivity index (χ0) is 17.9. The largest absolute Gasteiger partial charge is 0.464 e. The number of hydrogen-bond donors (Lipinski definition) is 1. The van der Waals surface area contributed by atoms with Gasteiger partial charge in [-0.15, -0.1) is 0 Å². The molecule has 7 heteroatoms. The molecule has 3 heterocycles. The van der Waals surface area contributed by atoms with Crippen molar-refractivity contribution >= 4 is 16.9 Å². The molecule has 130 valence electrons. The second kappa shape index (κ2) is 6.72. The molecule has 1 aromatic carbocycles. The van der Waals surface area contributed by atoms with E-state index in [2.05, 4.69) is 10.4 Å². The van der Waals surface area contributed by atoms with E-state index in [9.17, 15) is 9.59 Å². The highest BCUT2D eigenvalue weighted by Gasteiger charge is 2.12. The Bertz CT molecular complexity index is 1110. The Morgan fingerprint density at radius 2 is 2.08 bits per heavy atom. The van der Waals surface area contributed by atoms with Gasteiger partial charge in [0, 0.05) is 18.8 Å². The van der Waals surface area contributed by atoms with Gasteiger partial charge in [0.1, 0.15) is 11.3 Å². The van der Waals surface area contributed by atoms with E-state index < -0.39 is 5.91 Å². The lowest BCUT2D eigenvalue weighted by atomic mass is 10.2. The van der Waals surface area contributed by atoms with Crippen LogP contribution in [0.15, 0.2) is 74.8 Å². The Labute approximate surface area is 147 Å². The maximum Gasteiger partial charge on any atom is 0.287 e. The Hall–Kier alpha value is -3.61. The van der Waals surface area contributed by atoms with E-state index in [1.165, 1.54) is 6.07 Å². The summed E-state index contributed by atoms with van der Waals surface area (Å²) in [5, 5.41) is 7.41. The third kappa shape index (κ3) is 3.14. The number of fused-ring (bicyclic) bond motifs is 1. The Kier molecular flexibility index (Phi) is 4.10. The normalized spacial score (nSPS) is 10.9. The van der Waals surface area contributed by atoms with Crippen molar-refractivity contribution in [2.45, 2.75) is 6.54 Å². The summed E-state index contributed by atoms with van der Waals surface area (Å²) in [6.45, 7) is 0.818. The molecule has 0 saturated carbocycles. The average molecular weight is 349 g/mol. The van der Waals surface area contributed by atoms with Crippen molar-refractivity contribution in [3.05, 3.63) is 77.1 Å². The van der Waals surface area contributed by atoms with Gasteiger partial charge in [-0.05, 0) is 24.3 Å². The number of para-hydroxylation sites is 1. The van der Waals surface area contributed by atoms with Gasteiger partial charge in [0.25, 0.3) is 5.91 Å². The van der Waals surface area contributed by atoms with Crippen LogP contribution in [0.3, 0.4) is 0 Å². The smallest absolute Gasteiger partial charge is 0.287 e. The van der Waals surface area contributed by atoms with E-state index in [1.807, 2.05) is 18.3 Å². The number of furan rings is 1. The van der Waals surface area contributed by atoms with Crippen LogP contribution in [0, 0.1) is 0 Å². The second-order valence-corrected chi connectivity index (χ2v) is 5.70. The first-order valence-electron chi connectivity index (χ1n) is 8.08. The molecule has 0 saturated heterocycles. The topological polar surface area (TPSA) is 90.3 Å². The molecule has 0 aliphatic carbocycles. The van der Waals surface area contributed by atoms with Gasteiger partial charge < -0.3 is 14.2 Å². The predicted molar refractivity (Wildman–Crippen MR) is 94.7 cm³/mol. The summed E-state index contributed by atoms with van der Waals surface area (Å²) < 4.78 is 12.5. The van der Waals surface area contributed by atoms with Gasteiger partial charge in [0.15, 0.2) is 11.2 Å². The number of carbonyl (C=O) groups excluding carboxylic acids is 1. The maximum atomic E-state index is 12.2. The zero-order valence-corrected chi connectivity index (χ0v) is 13.7. The zero-order valence-electron chi connectivity index (χ0n) is 13.7. The van der Waals surface area contributed by atoms with Gasteiger partial charge in [-0.3, -0.25) is 14.3 Å². The number of amides is 1. The number of benzene rings is 1. The number of rotatable bonds is 5. The molecule has 0 atom stereocenters. The van der Waals surface area contributed by atoms with Gasteiger partial charge in [-0.1, -0.05) is 12.1 Å². The summed E-state index contributed by atoms with van der Waals surface area (Å²) in [7, 11) is 0. The van der Waals surface area contributed by atoms with E-state index in [0.717, 1.165) is 11.3 Å². The highest BCUT2D eigenvalue weighted by molar-refractivity contribution is 5.93. The first kappa shape index (κ1) is 15.9. The van der Waals surface area contributed by atoms with Crippen molar-refractivity contribution in [3.63, 3.8) is 0 Å². The van der Waals surface area contributed by atoms with Crippen LogP contribution in [0.5, 0.6) is 0 Å². The third-order valence-corrected chi connectivity index (χ3v) is 3.92. The van der Waals surface area contributed by atoms with E-state index >= 15 is 0 Å². The number of carbonyl (C=O) groups is 1. The molecule has 3 aromatic heterocycles. The first-order chi connectivity index (χ1) is 12.7. The standard InChI is InChI=1S/C19H15N3O4/c23-15-10-18(26-17-5-2-1-4-14(15)17)19(24)20-7-8-22-12-13(11-21-22)16-6-3-9-25-16/h1-6,9-12H,7-8H2,(H,20,24). The van der Waals surface area contributed by atoms with Crippen LogP contribution in [0.1, 0.15) is 10.6 Å². The highest BCUT2D eigenvalue weighted by Crippen LogP contribution is 2.18.